The summed E-state index contributed by atoms with van der Waals surface area (Å²) in [5.74, 6) is -0.0839. The number of amides is 2. The molecule has 1 aliphatic rings. The number of rotatable bonds is 5. The van der Waals surface area contributed by atoms with E-state index in [2.05, 4.69) is 0 Å². The molecule has 17 heavy (non-hydrogen) atoms. The lowest BCUT2D eigenvalue weighted by atomic mass is 10.2. The molecule has 0 saturated carbocycles. The summed E-state index contributed by atoms with van der Waals surface area (Å²) in [4.78, 5) is 25.5. The van der Waals surface area contributed by atoms with E-state index in [1.54, 1.807) is 25.9 Å². The van der Waals surface area contributed by atoms with Gasteiger partial charge in [-0.25, -0.2) is 0 Å². The first kappa shape index (κ1) is 13.9. The molecular formula is C11H20N2O4. The Balaban J connectivity index is 2.38. The van der Waals surface area contributed by atoms with E-state index in [0.29, 0.717) is 26.4 Å². The van der Waals surface area contributed by atoms with Gasteiger partial charge in [0.2, 0.25) is 6.41 Å². The number of hydrogen-bond donors (Lipinski definition) is 0. The number of morpholine rings is 1. The van der Waals surface area contributed by atoms with E-state index in [0.717, 1.165) is 6.41 Å². The van der Waals surface area contributed by atoms with E-state index >= 15 is 0 Å². The average Bonchev–Trinajstić information content (AvgIpc) is 2.35. The van der Waals surface area contributed by atoms with Crippen molar-refractivity contribution < 1.29 is 19.1 Å². The first-order chi connectivity index (χ1) is 8.06. The Bertz CT molecular complexity index is 270. The van der Waals surface area contributed by atoms with Crippen molar-refractivity contribution in [2.45, 2.75) is 19.1 Å². The number of likely N-dealkylation sites (N-methyl/N-ethyl adjacent to an activating group) is 1. The second-order valence-corrected chi connectivity index (χ2v) is 4.28. The van der Waals surface area contributed by atoms with Crippen molar-refractivity contribution in [2.75, 3.05) is 40.5 Å². The van der Waals surface area contributed by atoms with E-state index in [1.165, 1.54) is 4.90 Å². The van der Waals surface area contributed by atoms with Crippen LogP contribution in [0.25, 0.3) is 0 Å². The first-order valence-electron chi connectivity index (χ1n) is 5.67. The van der Waals surface area contributed by atoms with Crippen molar-refractivity contribution in [1.82, 2.24) is 9.80 Å². The molecule has 2 amide bonds. The maximum absolute atomic E-state index is 11.6. The van der Waals surface area contributed by atoms with Crippen LogP contribution in [-0.4, -0.2) is 74.7 Å². The topological polar surface area (TPSA) is 59.1 Å². The van der Waals surface area contributed by atoms with Crippen LogP contribution in [0.3, 0.4) is 0 Å². The molecule has 1 aliphatic heterocycles. The van der Waals surface area contributed by atoms with Crippen molar-refractivity contribution in [3.8, 4) is 0 Å². The van der Waals surface area contributed by atoms with Gasteiger partial charge in [-0.2, -0.15) is 0 Å². The molecule has 2 unspecified atom stereocenters. The molecule has 2 atom stereocenters. The molecule has 1 fully saturated rings. The molecule has 0 radical (unpaired) electrons. The van der Waals surface area contributed by atoms with Crippen molar-refractivity contribution in [3.63, 3.8) is 0 Å². The van der Waals surface area contributed by atoms with Gasteiger partial charge in [0.1, 0.15) is 6.10 Å². The van der Waals surface area contributed by atoms with Crippen LogP contribution < -0.4 is 0 Å². The van der Waals surface area contributed by atoms with Gasteiger partial charge in [0, 0.05) is 20.6 Å². The van der Waals surface area contributed by atoms with E-state index in [4.69, 9.17) is 9.47 Å². The molecule has 0 spiro atoms. The fourth-order valence-electron chi connectivity index (χ4n) is 1.64. The number of hydrogen-bond acceptors (Lipinski definition) is 4. The van der Waals surface area contributed by atoms with Gasteiger partial charge in [-0.15, -0.1) is 0 Å². The second kappa shape index (κ2) is 6.56. The highest BCUT2D eigenvalue weighted by Crippen LogP contribution is 2.06. The molecule has 0 bridgehead atoms. The number of ether oxygens (including phenoxy) is 2. The lowest BCUT2D eigenvalue weighted by molar-refractivity contribution is -0.144. The zero-order chi connectivity index (χ0) is 12.8. The van der Waals surface area contributed by atoms with Gasteiger partial charge in [0.05, 0.1) is 25.9 Å². The summed E-state index contributed by atoms with van der Waals surface area (Å²) in [5, 5.41) is 0. The lowest BCUT2D eigenvalue weighted by Crippen LogP contribution is -2.48. The maximum atomic E-state index is 11.6. The van der Waals surface area contributed by atoms with Crippen LogP contribution >= 0.6 is 0 Å². The predicted molar refractivity (Wildman–Crippen MR) is 61.5 cm³/mol. The molecule has 0 aliphatic carbocycles. The number of nitrogens with zero attached hydrogens (tertiary/aromatic N) is 2. The van der Waals surface area contributed by atoms with Crippen LogP contribution in [0.1, 0.15) is 6.92 Å². The van der Waals surface area contributed by atoms with Gasteiger partial charge in [0.15, 0.2) is 0 Å². The summed E-state index contributed by atoms with van der Waals surface area (Å²) < 4.78 is 10.7. The molecule has 0 aromatic heterocycles. The Hall–Kier alpha value is -1.14. The van der Waals surface area contributed by atoms with Gasteiger partial charge in [-0.05, 0) is 6.92 Å². The highest BCUT2D eigenvalue weighted by molar-refractivity contribution is 5.79. The average molecular weight is 244 g/mol. The minimum atomic E-state index is -0.500. The fourth-order valence-corrected chi connectivity index (χ4v) is 1.64. The Morgan fingerprint density at radius 2 is 2.35 bits per heavy atom. The number of carbonyl (C=O) groups excluding carboxylic acids is 2. The highest BCUT2D eigenvalue weighted by atomic mass is 16.5. The minimum Gasteiger partial charge on any atom is -0.377 e. The molecule has 0 aromatic carbocycles. The highest BCUT2D eigenvalue weighted by Gasteiger charge is 2.24. The number of carbonyl (C=O) groups is 2. The quantitative estimate of drug-likeness (QED) is 0.602. The predicted octanol–water partition coefficient (Wildman–Crippen LogP) is -0.663. The molecule has 1 saturated heterocycles. The summed E-state index contributed by atoms with van der Waals surface area (Å²) in [6.45, 7) is 3.62. The van der Waals surface area contributed by atoms with Gasteiger partial charge in [-0.1, -0.05) is 0 Å². The van der Waals surface area contributed by atoms with E-state index in [-0.39, 0.29) is 11.9 Å². The summed E-state index contributed by atoms with van der Waals surface area (Å²) in [6, 6.07) is -0.0985. The van der Waals surface area contributed by atoms with Gasteiger partial charge in [0.25, 0.3) is 5.91 Å². The van der Waals surface area contributed by atoms with Crippen molar-refractivity contribution >= 4 is 12.3 Å². The Kier molecular flexibility index (Phi) is 5.37. The molecule has 6 nitrogen and oxygen atoms in total. The second-order valence-electron chi connectivity index (χ2n) is 4.28. The minimum absolute atomic E-state index is 0.0839. The van der Waals surface area contributed by atoms with Gasteiger partial charge in [-0.3, -0.25) is 9.59 Å². The van der Waals surface area contributed by atoms with Gasteiger partial charge >= 0.3 is 0 Å². The summed E-state index contributed by atoms with van der Waals surface area (Å²) >= 11 is 0. The molecular weight excluding hydrogens is 224 g/mol. The Labute approximate surface area is 101 Å². The van der Waals surface area contributed by atoms with Gasteiger partial charge < -0.3 is 19.3 Å². The maximum Gasteiger partial charge on any atom is 0.250 e. The molecule has 98 valence electrons. The van der Waals surface area contributed by atoms with Crippen LogP contribution in [0.5, 0.6) is 0 Å². The normalized spacial score (nSPS) is 22.1. The van der Waals surface area contributed by atoms with Crippen LogP contribution in [-0.2, 0) is 19.1 Å². The van der Waals surface area contributed by atoms with Crippen molar-refractivity contribution in [1.29, 1.82) is 0 Å². The summed E-state index contributed by atoms with van der Waals surface area (Å²) in [6.07, 6.45) is 0.301. The van der Waals surface area contributed by atoms with Crippen molar-refractivity contribution in [2.24, 2.45) is 0 Å². The van der Waals surface area contributed by atoms with Crippen LogP contribution in [0.2, 0.25) is 0 Å². The zero-order valence-corrected chi connectivity index (χ0v) is 10.6. The fraction of sp³-hybridized carbons (Fsp3) is 0.818. The smallest absolute Gasteiger partial charge is 0.250 e. The Morgan fingerprint density at radius 3 is 2.94 bits per heavy atom. The summed E-state index contributed by atoms with van der Waals surface area (Å²) in [5.41, 5.74) is 0. The molecule has 0 N–H and O–H groups in total. The first-order valence-corrected chi connectivity index (χ1v) is 5.67. The van der Waals surface area contributed by atoms with Crippen LogP contribution in [0, 0.1) is 0 Å². The van der Waals surface area contributed by atoms with E-state index < -0.39 is 6.10 Å². The monoisotopic (exact) mass is 244 g/mol. The molecule has 6 heteroatoms. The van der Waals surface area contributed by atoms with Crippen molar-refractivity contribution in [3.05, 3.63) is 0 Å². The molecule has 1 rings (SSSR count). The molecule has 0 aromatic rings. The largest absolute Gasteiger partial charge is 0.377 e. The third-order valence-corrected chi connectivity index (χ3v) is 2.74. The van der Waals surface area contributed by atoms with E-state index in [1.807, 2.05) is 0 Å². The zero-order valence-electron chi connectivity index (χ0n) is 10.6. The third kappa shape index (κ3) is 3.98. The SMILES string of the molecule is CC(OCC1COCCN1C=O)C(=O)N(C)C. The molecule has 1 heterocycles. The summed E-state index contributed by atoms with van der Waals surface area (Å²) in [7, 11) is 3.37. The Morgan fingerprint density at radius 1 is 1.65 bits per heavy atom. The van der Waals surface area contributed by atoms with Crippen LogP contribution in [0.15, 0.2) is 0 Å². The van der Waals surface area contributed by atoms with Crippen LogP contribution in [0.4, 0.5) is 0 Å². The standard InChI is InChI=1S/C11H20N2O4/c1-9(11(15)12(2)3)17-7-10-6-16-5-4-13(10)8-14/h8-10H,4-7H2,1-3H3. The third-order valence-electron chi connectivity index (χ3n) is 2.74. The van der Waals surface area contributed by atoms with E-state index in [9.17, 15) is 9.59 Å². The lowest BCUT2D eigenvalue weighted by Gasteiger charge is -2.33.